The molecule has 9 nitrogen and oxygen atoms in total. The number of hydrogen-bond donors (Lipinski definition) is 1. The highest BCUT2D eigenvalue weighted by Gasteiger charge is 2.36. The summed E-state index contributed by atoms with van der Waals surface area (Å²) in [4.78, 5) is 30.3. The zero-order chi connectivity index (χ0) is 35.0. The quantitative estimate of drug-likeness (QED) is 0.152. The minimum Gasteiger partial charge on any atom is -0.497 e. The molecule has 49 heavy (non-hydrogen) atoms. The number of hydrogen-bond acceptors (Lipinski definition) is 6. The van der Waals surface area contributed by atoms with Crippen LogP contribution in [-0.2, 0) is 32.6 Å². The first kappa shape index (κ1) is 36.0. The first-order valence-electron chi connectivity index (χ1n) is 16.0. The van der Waals surface area contributed by atoms with Gasteiger partial charge in [0.25, 0.3) is 10.0 Å². The Morgan fingerprint density at radius 1 is 0.837 bits per heavy atom. The van der Waals surface area contributed by atoms with E-state index in [1.54, 1.807) is 42.5 Å². The third kappa shape index (κ3) is 8.86. The average Bonchev–Trinajstić information content (AvgIpc) is 3.63. The molecule has 2 amide bonds. The van der Waals surface area contributed by atoms with Gasteiger partial charge in [0.05, 0.1) is 34.8 Å². The summed E-state index contributed by atoms with van der Waals surface area (Å²) in [7, 11) is -1.42. The lowest BCUT2D eigenvalue weighted by Crippen LogP contribution is -2.54. The summed E-state index contributed by atoms with van der Waals surface area (Å²) in [6.45, 7) is -0.661. The van der Waals surface area contributed by atoms with Crippen LogP contribution in [0.15, 0.2) is 102 Å². The smallest absolute Gasteiger partial charge is 0.264 e. The summed E-state index contributed by atoms with van der Waals surface area (Å²) in [6, 6.07) is 25.9. The van der Waals surface area contributed by atoms with Gasteiger partial charge in [-0.05, 0) is 72.5 Å². The van der Waals surface area contributed by atoms with Crippen LogP contribution in [0.1, 0.15) is 36.8 Å². The van der Waals surface area contributed by atoms with E-state index in [1.165, 1.54) is 43.4 Å². The number of para-hydroxylation sites is 2. The summed E-state index contributed by atoms with van der Waals surface area (Å²) < 4.78 is 40.5. The normalized spacial score (nSPS) is 13.8. The minimum atomic E-state index is -4.34. The highest BCUT2D eigenvalue weighted by atomic mass is 35.5. The number of benzene rings is 4. The molecule has 0 radical (unpaired) electrons. The van der Waals surface area contributed by atoms with Gasteiger partial charge in [-0.25, -0.2) is 8.42 Å². The third-order valence-electron chi connectivity index (χ3n) is 8.59. The summed E-state index contributed by atoms with van der Waals surface area (Å²) in [5.74, 6) is -0.186. The second-order valence-electron chi connectivity index (χ2n) is 11.8. The molecule has 1 aliphatic rings. The standard InChI is InChI=1S/C37H39Cl2N3O6S/c1-47-29-17-19-30(20-18-29)49(45,46)42(33-14-8-9-15-35(33)48-2)25-36(43)41(24-27-16-21-31(38)32(39)22-27)34(23-26-10-4-3-5-11-26)37(44)40-28-12-6-7-13-28/h3-5,8-11,14-22,28,34H,6-7,12-13,23-25H2,1-2H3,(H,40,44). The van der Waals surface area contributed by atoms with Gasteiger partial charge in [0, 0.05) is 19.0 Å². The van der Waals surface area contributed by atoms with Crippen LogP contribution in [0.3, 0.4) is 0 Å². The Kier molecular flexibility index (Phi) is 12.1. The Bertz CT molecular complexity index is 1850. The van der Waals surface area contributed by atoms with E-state index in [1.807, 2.05) is 30.3 Å². The molecule has 1 unspecified atom stereocenters. The molecule has 1 saturated carbocycles. The van der Waals surface area contributed by atoms with E-state index >= 15 is 0 Å². The number of carbonyl (C=O) groups excluding carboxylic acids is 2. The Labute approximate surface area is 297 Å². The third-order valence-corrected chi connectivity index (χ3v) is 11.1. The molecule has 4 aromatic carbocycles. The number of ether oxygens (including phenoxy) is 2. The van der Waals surface area contributed by atoms with E-state index in [9.17, 15) is 18.0 Å². The molecule has 4 aromatic rings. The fourth-order valence-corrected chi connectivity index (χ4v) is 7.73. The molecule has 1 fully saturated rings. The average molecular weight is 725 g/mol. The summed E-state index contributed by atoms with van der Waals surface area (Å²) >= 11 is 12.6. The molecule has 258 valence electrons. The van der Waals surface area contributed by atoms with Gasteiger partial charge in [-0.2, -0.15) is 0 Å². The molecular formula is C37H39Cl2N3O6S. The maximum Gasteiger partial charge on any atom is 0.264 e. The van der Waals surface area contributed by atoms with E-state index < -0.39 is 28.5 Å². The first-order chi connectivity index (χ1) is 23.6. The van der Waals surface area contributed by atoms with Gasteiger partial charge in [0.2, 0.25) is 11.8 Å². The molecule has 0 heterocycles. The molecule has 1 aliphatic carbocycles. The number of anilines is 1. The van der Waals surface area contributed by atoms with Crippen LogP contribution in [0.5, 0.6) is 11.5 Å². The Balaban J connectivity index is 1.60. The number of halogens is 2. The predicted octanol–water partition coefficient (Wildman–Crippen LogP) is 6.90. The van der Waals surface area contributed by atoms with E-state index in [-0.39, 0.29) is 41.2 Å². The second-order valence-corrected chi connectivity index (χ2v) is 14.5. The lowest BCUT2D eigenvalue weighted by Gasteiger charge is -2.34. The number of carbonyl (C=O) groups is 2. The van der Waals surface area contributed by atoms with Gasteiger partial charge < -0.3 is 19.7 Å². The van der Waals surface area contributed by atoms with Gasteiger partial charge >= 0.3 is 0 Å². The molecule has 5 rings (SSSR count). The molecule has 0 aliphatic heterocycles. The fourth-order valence-electron chi connectivity index (χ4n) is 5.98. The lowest BCUT2D eigenvalue weighted by molar-refractivity contribution is -0.140. The van der Waals surface area contributed by atoms with Crippen LogP contribution in [0.25, 0.3) is 0 Å². The van der Waals surface area contributed by atoms with Crippen molar-refractivity contribution < 1.29 is 27.5 Å². The van der Waals surface area contributed by atoms with Crippen LogP contribution in [0.2, 0.25) is 10.0 Å². The van der Waals surface area contributed by atoms with Crippen LogP contribution < -0.4 is 19.1 Å². The van der Waals surface area contributed by atoms with Crippen molar-refractivity contribution in [2.75, 3.05) is 25.1 Å². The zero-order valence-corrected chi connectivity index (χ0v) is 29.7. The van der Waals surface area contributed by atoms with E-state index in [4.69, 9.17) is 32.7 Å². The number of sulfonamides is 1. The van der Waals surface area contributed by atoms with Gasteiger partial charge in [-0.15, -0.1) is 0 Å². The number of amides is 2. The molecular weight excluding hydrogens is 685 g/mol. The molecule has 1 N–H and O–H groups in total. The van der Waals surface area contributed by atoms with Crippen molar-refractivity contribution in [1.29, 1.82) is 0 Å². The van der Waals surface area contributed by atoms with Crippen LogP contribution in [0, 0.1) is 0 Å². The van der Waals surface area contributed by atoms with Crippen molar-refractivity contribution in [3.63, 3.8) is 0 Å². The minimum absolute atomic E-state index is 0.00627. The van der Waals surface area contributed by atoms with E-state index in [2.05, 4.69) is 5.32 Å². The highest BCUT2D eigenvalue weighted by Crippen LogP contribution is 2.33. The predicted molar refractivity (Wildman–Crippen MR) is 192 cm³/mol. The maximum atomic E-state index is 14.8. The molecule has 0 saturated heterocycles. The van der Waals surface area contributed by atoms with Crippen molar-refractivity contribution >= 4 is 50.7 Å². The lowest BCUT2D eigenvalue weighted by atomic mass is 10.0. The molecule has 1 atom stereocenters. The Morgan fingerprint density at radius 3 is 2.16 bits per heavy atom. The Hall–Kier alpha value is -4.25. The highest BCUT2D eigenvalue weighted by molar-refractivity contribution is 7.92. The molecule has 0 bridgehead atoms. The molecule has 0 spiro atoms. The number of nitrogens with one attached hydrogen (secondary N) is 1. The van der Waals surface area contributed by atoms with Crippen LogP contribution in [-0.4, -0.2) is 58.0 Å². The summed E-state index contributed by atoms with van der Waals surface area (Å²) in [5, 5.41) is 3.80. The van der Waals surface area contributed by atoms with Gasteiger partial charge in [0.1, 0.15) is 24.1 Å². The van der Waals surface area contributed by atoms with Crippen molar-refractivity contribution in [3.8, 4) is 11.5 Å². The zero-order valence-electron chi connectivity index (χ0n) is 27.4. The van der Waals surface area contributed by atoms with Crippen LogP contribution >= 0.6 is 23.2 Å². The monoisotopic (exact) mass is 723 g/mol. The SMILES string of the molecule is COc1ccc(S(=O)(=O)N(CC(=O)N(Cc2ccc(Cl)c(Cl)c2)C(Cc2ccccc2)C(=O)NC2CCCC2)c2ccccc2OC)cc1. The van der Waals surface area contributed by atoms with E-state index in [0.717, 1.165) is 35.6 Å². The summed E-state index contributed by atoms with van der Waals surface area (Å²) in [6.07, 6.45) is 3.93. The van der Waals surface area contributed by atoms with Gasteiger partial charge in [0.15, 0.2) is 0 Å². The molecule has 0 aromatic heterocycles. The van der Waals surface area contributed by atoms with Gasteiger partial charge in [-0.3, -0.25) is 13.9 Å². The van der Waals surface area contributed by atoms with Gasteiger partial charge in [-0.1, -0.05) is 84.6 Å². The van der Waals surface area contributed by atoms with Crippen molar-refractivity contribution in [2.24, 2.45) is 0 Å². The van der Waals surface area contributed by atoms with Crippen molar-refractivity contribution in [1.82, 2.24) is 10.2 Å². The topological polar surface area (TPSA) is 105 Å². The first-order valence-corrected chi connectivity index (χ1v) is 18.2. The Morgan fingerprint density at radius 2 is 1.51 bits per heavy atom. The summed E-state index contributed by atoms with van der Waals surface area (Å²) in [5.41, 5.74) is 1.63. The van der Waals surface area contributed by atoms with Crippen molar-refractivity contribution in [2.45, 2.75) is 55.6 Å². The fraction of sp³-hybridized carbons (Fsp3) is 0.297. The largest absolute Gasteiger partial charge is 0.497 e. The number of rotatable bonds is 14. The maximum absolute atomic E-state index is 14.8. The van der Waals surface area contributed by atoms with Crippen molar-refractivity contribution in [3.05, 3.63) is 118 Å². The number of methoxy groups -OCH3 is 2. The number of nitrogens with zero attached hydrogens (tertiary/aromatic N) is 2. The molecule has 12 heteroatoms. The van der Waals surface area contributed by atoms with E-state index in [0.29, 0.717) is 21.4 Å². The van der Waals surface area contributed by atoms with Crippen LogP contribution in [0.4, 0.5) is 5.69 Å². The second kappa shape index (κ2) is 16.4.